The molecule has 0 saturated carbocycles. The first-order valence-electron chi connectivity index (χ1n) is 13.0. The molecular formula is C28H36N4O6. The van der Waals surface area contributed by atoms with Crippen LogP contribution in [0.3, 0.4) is 0 Å². The number of hydrogen-bond acceptors (Lipinski definition) is 8. The second kappa shape index (κ2) is 11.7. The smallest absolute Gasteiger partial charge is 0.410 e. The van der Waals surface area contributed by atoms with Gasteiger partial charge >= 0.3 is 18.2 Å². The summed E-state index contributed by atoms with van der Waals surface area (Å²) in [4.78, 5) is 48.0. The van der Waals surface area contributed by atoms with Gasteiger partial charge in [0.15, 0.2) is 5.69 Å². The van der Waals surface area contributed by atoms with E-state index in [1.807, 2.05) is 51.1 Å². The highest BCUT2D eigenvalue weighted by Crippen LogP contribution is 2.31. The fourth-order valence-electron chi connectivity index (χ4n) is 4.53. The molecule has 1 aromatic heterocycles. The highest BCUT2D eigenvalue weighted by molar-refractivity contribution is 5.89. The molecule has 2 amide bonds. The summed E-state index contributed by atoms with van der Waals surface area (Å²) in [5.74, 6) is -0.505. The maximum Gasteiger partial charge on any atom is 0.410 e. The molecule has 204 valence electrons. The summed E-state index contributed by atoms with van der Waals surface area (Å²) in [5, 5.41) is 0. The molecule has 1 aromatic carbocycles. The van der Waals surface area contributed by atoms with Gasteiger partial charge in [-0.15, -0.1) is 0 Å². The van der Waals surface area contributed by atoms with Gasteiger partial charge in [0.05, 0.1) is 18.8 Å². The summed E-state index contributed by atoms with van der Waals surface area (Å²) >= 11 is 0. The molecule has 4 rings (SSSR count). The summed E-state index contributed by atoms with van der Waals surface area (Å²) in [6.07, 6.45) is -0.166. The van der Waals surface area contributed by atoms with Gasteiger partial charge in [-0.2, -0.15) is 0 Å². The number of pyridine rings is 1. The molecule has 2 aromatic rings. The van der Waals surface area contributed by atoms with E-state index in [0.29, 0.717) is 44.8 Å². The number of amides is 2. The van der Waals surface area contributed by atoms with E-state index in [1.54, 1.807) is 22.8 Å². The van der Waals surface area contributed by atoms with Crippen molar-refractivity contribution in [1.82, 2.24) is 14.8 Å². The molecule has 0 radical (unpaired) electrons. The van der Waals surface area contributed by atoms with Crippen LogP contribution in [0.1, 0.15) is 55.0 Å². The van der Waals surface area contributed by atoms with Gasteiger partial charge in [0, 0.05) is 44.0 Å². The van der Waals surface area contributed by atoms with Gasteiger partial charge in [-0.25, -0.2) is 19.4 Å². The van der Waals surface area contributed by atoms with E-state index in [4.69, 9.17) is 14.2 Å². The van der Waals surface area contributed by atoms with E-state index in [1.165, 1.54) is 0 Å². The Labute approximate surface area is 223 Å². The first kappa shape index (κ1) is 27.2. The van der Waals surface area contributed by atoms with Crippen molar-refractivity contribution in [1.29, 1.82) is 0 Å². The highest BCUT2D eigenvalue weighted by Gasteiger charge is 2.31. The quantitative estimate of drug-likeness (QED) is 0.427. The third-order valence-corrected chi connectivity index (χ3v) is 6.38. The molecule has 0 bridgehead atoms. The van der Waals surface area contributed by atoms with Gasteiger partial charge < -0.3 is 28.9 Å². The second-order valence-corrected chi connectivity index (χ2v) is 10.3. The predicted molar refractivity (Wildman–Crippen MR) is 141 cm³/mol. The molecule has 0 aliphatic carbocycles. The molecule has 10 heteroatoms. The second-order valence-electron chi connectivity index (χ2n) is 10.3. The van der Waals surface area contributed by atoms with Crippen molar-refractivity contribution in [3.63, 3.8) is 0 Å². The molecule has 2 aliphatic rings. The molecule has 2 aliphatic heterocycles. The molecule has 1 saturated heterocycles. The summed E-state index contributed by atoms with van der Waals surface area (Å²) in [6.45, 7) is 10.6. The molecule has 1 fully saturated rings. The first-order chi connectivity index (χ1) is 18.1. The van der Waals surface area contributed by atoms with Crippen molar-refractivity contribution in [2.24, 2.45) is 0 Å². The van der Waals surface area contributed by atoms with Crippen LogP contribution < -0.4 is 4.90 Å². The molecule has 0 unspecified atom stereocenters. The topological polar surface area (TPSA) is 102 Å². The number of rotatable bonds is 5. The Kier molecular flexibility index (Phi) is 8.38. The van der Waals surface area contributed by atoms with Crippen molar-refractivity contribution in [3.05, 3.63) is 58.9 Å². The lowest BCUT2D eigenvalue weighted by molar-refractivity contribution is 0.0221. The number of anilines is 1. The average Bonchev–Trinajstić information content (AvgIpc) is 2.90. The zero-order valence-corrected chi connectivity index (χ0v) is 22.6. The van der Waals surface area contributed by atoms with Gasteiger partial charge in [0.1, 0.15) is 12.2 Å². The lowest BCUT2D eigenvalue weighted by atomic mass is 10.0. The Balaban J connectivity index is 1.47. The van der Waals surface area contributed by atoms with E-state index in [-0.39, 0.29) is 31.5 Å². The van der Waals surface area contributed by atoms with Crippen molar-refractivity contribution in [3.8, 4) is 0 Å². The van der Waals surface area contributed by atoms with Gasteiger partial charge in [-0.05, 0) is 45.7 Å². The molecule has 10 nitrogen and oxygen atoms in total. The number of aromatic nitrogens is 1. The Morgan fingerprint density at radius 2 is 1.63 bits per heavy atom. The van der Waals surface area contributed by atoms with Crippen LogP contribution in [0.15, 0.2) is 36.4 Å². The van der Waals surface area contributed by atoms with Crippen LogP contribution in [0.2, 0.25) is 0 Å². The zero-order valence-electron chi connectivity index (χ0n) is 22.6. The third kappa shape index (κ3) is 6.73. The van der Waals surface area contributed by atoms with Crippen LogP contribution in [0.4, 0.5) is 15.3 Å². The highest BCUT2D eigenvalue weighted by atomic mass is 16.6. The van der Waals surface area contributed by atoms with Gasteiger partial charge in [-0.3, -0.25) is 0 Å². The third-order valence-electron chi connectivity index (χ3n) is 6.38. The maximum absolute atomic E-state index is 12.7. The number of carbonyl (C=O) groups is 3. The number of nitrogens with zero attached hydrogens (tertiary/aromatic N) is 4. The van der Waals surface area contributed by atoms with Crippen LogP contribution in [0, 0.1) is 0 Å². The molecular weight excluding hydrogens is 488 g/mol. The fourth-order valence-corrected chi connectivity index (χ4v) is 4.53. The summed E-state index contributed by atoms with van der Waals surface area (Å²) in [5.41, 5.74) is 3.08. The van der Waals surface area contributed by atoms with Crippen LogP contribution in [0.5, 0.6) is 0 Å². The number of esters is 1. The lowest BCUT2D eigenvalue weighted by Gasteiger charge is -2.38. The zero-order chi connectivity index (χ0) is 27.3. The van der Waals surface area contributed by atoms with Crippen LogP contribution in [-0.2, 0) is 33.8 Å². The Morgan fingerprint density at radius 1 is 0.921 bits per heavy atom. The molecule has 3 heterocycles. The van der Waals surface area contributed by atoms with Crippen LogP contribution in [-0.4, -0.2) is 77.9 Å². The summed E-state index contributed by atoms with van der Waals surface area (Å²) in [6, 6.07) is 11.4. The standard InChI is InChI=1S/C28H36N4O6/c1-5-36-25(33)22-17-24(21-11-12-32(18-23(21)29-22)27(35)38-28(2,3)4)30-13-15-31(16-14-30)26(34)37-19-20-9-7-6-8-10-20/h6-10,17H,5,11-16,18-19H2,1-4H3. The average molecular weight is 525 g/mol. The van der Waals surface area contributed by atoms with Crippen molar-refractivity contribution in [2.45, 2.75) is 52.9 Å². The van der Waals surface area contributed by atoms with Gasteiger partial charge in [0.2, 0.25) is 0 Å². The fraction of sp³-hybridized carbons (Fsp3) is 0.500. The van der Waals surface area contributed by atoms with Gasteiger partial charge in [0.25, 0.3) is 0 Å². The van der Waals surface area contributed by atoms with Crippen LogP contribution in [0.25, 0.3) is 0 Å². The van der Waals surface area contributed by atoms with E-state index in [9.17, 15) is 14.4 Å². The molecule has 0 N–H and O–H groups in total. The normalized spacial score (nSPS) is 15.5. The van der Waals surface area contributed by atoms with E-state index >= 15 is 0 Å². The predicted octanol–water partition coefficient (Wildman–Crippen LogP) is 4.01. The van der Waals surface area contributed by atoms with Crippen molar-refractivity contribution in [2.75, 3.05) is 44.2 Å². The largest absolute Gasteiger partial charge is 0.461 e. The van der Waals surface area contributed by atoms with Crippen molar-refractivity contribution >= 4 is 23.8 Å². The number of carbonyl (C=O) groups excluding carboxylic acids is 3. The molecule has 38 heavy (non-hydrogen) atoms. The summed E-state index contributed by atoms with van der Waals surface area (Å²) < 4.78 is 16.3. The number of ether oxygens (including phenoxy) is 3. The first-order valence-corrected chi connectivity index (χ1v) is 13.0. The molecule has 0 spiro atoms. The van der Waals surface area contributed by atoms with Gasteiger partial charge in [-0.1, -0.05) is 30.3 Å². The van der Waals surface area contributed by atoms with E-state index in [2.05, 4.69) is 9.88 Å². The van der Waals surface area contributed by atoms with Crippen molar-refractivity contribution < 1.29 is 28.6 Å². The Hall–Kier alpha value is -3.82. The SMILES string of the molecule is CCOC(=O)c1cc(N2CCN(C(=O)OCc3ccccc3)CC2)c2c(n1)CN(C(=O)OC(C)(C)C)CC2. The minimum atomic E-state index is -0.606. The number of piperazine rings is 1. The minimum absolute atomic E-state index is 0.205. The maximum atomic E-state index is 12.7. The molecule has 0 atom stereocenters. The van der Waals surface area contributed by atoms with Crippen LogP contribution >= 0.6 is 0 Å². The number of hydrogen-bond donors (Lipinski definition) is 0. The lowest BCUT2D eigenvalue weighted by Crippen LogP contribution is -2.49. The monoisotopic (exact) mass is 524 g/mol. The summed E-state index contributed by atoms with van der Waals surface area (Å²) in [7, 11) is 0. The van der Waals surface area contributed by atoms with E-state index in [0.717, 1.165) is 16.8 Å². The van der Waals surface area contributed by atoms with E-state index < -0.39 is 17.7 Å². The number of benzene rings is 1. The number of fused-ring (bicyclic) bond motifs is 1. The minimum Gasteiger partial charge on any atom is -0.461 e. The Morgan fingerprint density at radius 3 is 2.29 bits per heavy atom. The Bertz CT molecular complexity index is 1160.